The van der Waals surface area contributed by atoms with Crippen molar-refractivity contribution in [3.8, 4) is 29.4 Å². The molecule has 0 atom stereocenters. The van der Waals surface area contributed by atoms with Crippen molar-refractivity contribution in [2.24, 2.45) is 0 Å². The van der Waals surface area contributed by atoms with E-state index in [1.165, 1.54) is 13.0 Å². The van der Waals surface area contributed by atoms with Crippen LogP contribution in [0.15, 0.2) is 48.5 Å². The normalized spacial score (nSPS) is 10.6. The van der Waals surface area contributed by atoms with Gasteiger partial charge in [0.1, 0.15) is 17.4 Å². The summed E-state index contributed by atoms with van der Waals surface area (Å²) in [7, 11) is 0. The SMILES string of the molecule is Cc1ccc(C#Cc2c(C)cc(C#Cc3cc(F)c(C)c(F)c3)cc2OC(F)(F)F)cc1. The fourth-order valence-corrected chi connectivity index (χ4v) is 2.83. The molecule has 162 valence electrons. The molecule has 32 heavy (non-hydrogen) atoms. The highest BCUT2D eigenvalue weighted by Crippen LogP contribution is 2.29. The van der Waals surface area contributed by atoms with Crippen LogP contribution in [0.25, 0.3) is 0 Å². The summed E-state index contributed by atoms with van der Waals surface area (Å²) in [5, 5.41) is 0. The Bertz CT molecular complexity index is 1260. The van der Waals surface area contributed by atoms with Crippen LogP contribution in [0.4, 0.5) is 22.0 Å². The summed E-state index contributed by atoms with van der Waals surface area (Å²) in [6, 6.07) is 12.0. The summed E-state index contributed by atoms with van der Waals surface area (Å²) < 4.78 is 70.5. The highest BCUT2D eigenvalue weighted by Gasteiger charge is 2.32. The van der Waals surface area contributed by atoms with Crippen molar-refractivity contribution in [3.63, 3.8) is 0 Å². The second-order valence-corrected chi connectivity index (χ2v) is 7.15. The lowest BCUT2D eigenvalue weighted by molar-refractivity contribution is -0.274. The van der Waals surface area contributed by atoms with Gasteiger partial charge in [-0.05, 0) is 62.7 Å². The van der Waals surface area contributed by atoms with E-state index < -0.39 is 23.7 Å². The van der Waals surface area contributed by atoms with Crippen molar-refractivity contribution < 1.29 is 26.7 Å². The molecule has 3 aromatic carbocycles. The highest BCUT2D eigenvalue weighted by molar-refractivity contribution is 5.58. The molecule has 0 spiro atoms. The Hall–Kier alpha value is -3.77. The number of benzene rings is 3. The molecule has 3 rings (SSSR count). The summed E-state index contributed by atoms with van der Waals surface area (Å²) in [6.07, 6.45) is -4.93. The Morgan fingerprint density at radius 3 is 1.78 bits per heavy atom. The number of alkyl halides is 3. The zero-order valence-electron chi connectivity index (χ0n) is 17.4. The minimum atomic E-state index is -4.93. The van der Waals surface area contributed by atoms with E-state index in [-0.39, 0.29) is 22.3 Å². The lowest BCUT2D eigenvalue weighted by atomic mass is 10.0. The van der Waals surface area contributed by atoms with Crippen LogP contribution in [0.1, 0.15) is 38.9 Å². The largest absolute Gasteiger partial charge is 0.573 e. The Morgan fingerprint density at radius 2 is 1.22 bits per heavy atom. The van der Waals surface area contributed by atoms with E-state index in [0.717, 1.165) is 23.8 Å². The molecule has 0 aliphatic carbocycles. The van der Waals surface area contributed by atoms with Crippen LogP contribution in [0.5, 0.6) is 5.75 Å². The number of rotatable bonds is 1. The molecule has 0 saturated heterocycles. The highest BCUT2D eigenvalue weighted by atomic mass is 19.4. The number of hydrogen-bond acceptors (Lipinski definition) is 1. The zero-order valence-corrected chi connectivity index (χ0v) is 17.4. The Kier molecular flexibility index (Phi) is 6.55. The fraction of sp³-hybridized carbons (Fsp3) is 0.154. The maximum atomic E-state index is 13.7. The molecular formula is C26H17F5O. The van der Waals surface area contributed by atoms with Gasteiger partial charge in [0.15, 0.2) is 0 Å². The van der Waals surface area contributed by atoms with Gasteiger partial charge in [0.25, 0.3) is 0 Å². The van der Waals surface area contributed by atoms with E-state index >= 15 is 0 Å². The molecule has 0 radical (unpaired) electrons. The molecule has 0 aliphatic heterocycles. The first-order chi connectivity index (χ1) is 15.0. The maximum absolute atomic E-state index is 13.7. The first-order valence-electron chi connectivity index (χ1n) is 9.48. The topological polar surface area (TPSA) is 9.23 Å². The summed E-state index contributed by atoms with van der Waals surface area (Å²) in [4.78, 5) is 0. The van der Waals surface area contributed by atoms with Crippen molar-refractivity contribution in [2.45, 2.75) is 27.1 Å². The first-order valence-corrected chi connectivity index (χ1v) is 9.48. The molecule has 0 unspecified atom stereocenters. The third-order valence-electron chi connectivity index (χ3n) is 4.54. The molecule has 0 aromatic heterocycles. The van der Waals surface area contributed by atoms with Crippen LogP contribution >= 0.6 is 0 Å². The summed E-state index contributed by atoms with van der Waals surface area (Å²) in [5.74, 6) is 8.76. The van der Waals surface area contributed by atoms with Gasteiger partial charge in [-0.25, -0.2) is 8.78 Å². The van der Waals surface area contributed by atoms with Crippen molar-refractivity contribution in [3.05, 3.63) is 99.1 Å². The van der Waals surface area contributed by atoms with Gasteiger partial charge in [-0.2, -0.15) is 0 Å². The van der Waals surface area contributed by atoms with Gasteiger partial charge in [-0.15, -0.1) is 13.2 Å². The van der Waals surface area contributed by atoms with Crippen molar-refractivity contribution in [2.75, 3.05) is 0 Å². The molecule has 6 heteroatoms. The molecule has 1 nitrogen and oxygen atoms in total. The smallest absolute Gasteiger partial charge is 0.404 e. The average molecular weight is 440 g/mol. The summed E-state index contributed by atoms with van der Waals surface area (Å²) in [6.45, 7) is 4.79. The quantitative estimate of drug-likeness (QED) is 0.307. The van der Waals surface area contributed by atoms with Gasteiger partial charge in [0.2, 0.25) is 0 Å². The Labute approximate surface area is 182 Å². The molecule has 0 saturated carbocycles. The summed E-state index contributed by atoms with van der Waals surface area (Å²) in [5.41, 5.74) is 2.26. The standard InChI is InChI=1S/C26H17F5O/c1-16-4-6-19(7-5-16)10-11-22-17(2)12-20(15-25(22)32-26(29,30)31)8-9-21-13-23(27)18(3)24(28)14-21/h4-7,12-15H,1-3H3. The third kappa shape index (κ3) is 5.89. The monoisotopic (exact) mass is 440 g/mol. The zero-order chi connectivity index (χ0) is 23.5. The molecule has 0 aliphatic rings. The van der Waals surface area contributed by atoms with E-state index in [1.807, 2.05) is 19.1 Å². The van der Waals surface area contributed by atoms with Crippen molar-refractivity contribution in [1.82, 2.24) is 0 Å². The van der Waals surface area contributed by atoms with Crippen LogP contribution in [0.2, 0.25) is 0 Å². The molecule has 0 heterocycles. The van der Waals surface area contributed by atoms with Crippen molar-refractivity contribution >= 4 is 0 Å². The van der Waals surface area contributed by atoms with Gasteiger partial charge in [-0.1, -0.05) is 41.4 Å². The average Bonchev–Trinajstić information content (AvgIpc) is 2.70. The number of halogens is 5. The lowest BCUT2D eigenvalue weighted by Gasteiger charge is -2.13. The minimum absolute atomic E-state index is 0.0600. The van der Waals surface area contributed by atoms with Gasteiger partial charge >= 0.3 is 6.36 Å². The van der Waals surface area contributed by atoms with Crippen LogP contribution in [-0.4, -0.2) is 6.36 Å². The van der Waals surface area contributed by atoms with E-state index in [2.05, 4.69) is 28.4 Å². The van der Waals surface area contributed by atoms with Crippen LogP contribution in [0.3, 0.4) is 0 Å². The number of hydrogen-bond donors (Lipinski definition) is 0. The molecule has 0 amide bonds. The van der Waals surface area contributed by atoms with Crippen LogP contribution in [-0.2, 0) is 0 Å². The first kappa shape index (κ1) is 22.9. The second-order valence-electron chi connectivity index (χ2n) is 7.15. The molecular weight excluding hydrogens is 423 g/mol. The third-order valence-corrected chi connectivity index (χ3v) is 4.54. The van der Waals surface area contributed by atoms with Gasteiger partial charge < -0.3 is 4.74 Å². The predicted octanol–water partition coefficient (Wildman–Crippen LogP) is 6.59. The Morgan fingerprint density at radius 1 is 0.688 bits per heavy atom. The van der Waals surface area contributed by atoms with E-state index in [1.54, 1.807) is 19.1 Å². The van der Waals surface area contributed by atoms with E-state index in [0.29, 0.717) is 11.1 Å². The molecule has 0 bridgehead atoms. The van der Waals surface area contributed by atoms with Crippen LogP contribution in [0, 0.1) is 56.1 Å². The van der Waals surface area contributed by atoms with Gasteiger partial charge in [0.05, 0.1) is 5.56 Å². The second kappa shape index (κ2) is 9.16. The molecule has 0 fully saturated rings. The Balaban J connectivity index is 2.03. The van der Waals surface area contributed by atoms with Gasteiger partial charge in [0, 0.05) is 22.3 Å². The van der Waals surface area contributed by atoms with E-state index in [4.69, 9.17) is 0 Å². The summed E-state index contributed by atoms with van der Waals surface area (Å²) >= 11 is 0. The molecule has 3 aromatic rings. The van der Waals surface area contributed by atoms with Gasteiger partial charge in [-0.3, -0.25) is 0 Å². The predicted molar refractivity (Wildman–Crippen MR) is 112 cm³/mol. The lowest BCUT2D eigenvalue weighted by Crippen LogP contribution is -2.18. The van der Waals surface area contributed by atoms with E-state index in [9.17, 15) is 22.0 Å². The minimum Gasteiger partial charge on any atom is -0.404 e. The fourth-order valence-electron chi connectivity index (χ4n) is 2.83. The maximum Gasteiger partial charge on any atom is 0.573 e. The molecule has 0 N–H and O–H groups in total. The van der Waals surface area contributed by atoms with Crippen LogP contribution < -0.4 is 4.74 Å². The number of ether oxygens (including phenoxy) is 1. The number of aryl methyl sites for hydroxylation is 2. The van der Waals surface area contributed by atoms with Crippen molar-refractivity contribution in [1.29, 1.82) is 0 Å².